The molecule has 0 fully saturated rings. The van der Waals surface area contributed by atoms with E-state index in [9.17, 15) is 0 Å². The van der Waals surface area contributed by atoms with E-state index in [1.165, 1.54) is 5.56 Å². The zero-order valence-corrected chi connectivity index (χ0v) is 8.41. The number of hydrogen-bond acceptors (Lipinski definition) is 2. The molecule has 0 unspecified atom stereocenters. The van der Waals surface area contributed by atoms with Gasteiger partial charge < -0.3 is 0 Å². The molecule has 2 nitrogen and oxygen atoms in total. The van der Waals surface area contributed by atoms with E-state index in [0.29, 0.717) is 0 Å². The molecule has 0 atom stereocenters. The maximum atomic E-state index is 8.65. The largest absolute Gasteiger partial charge is 0.205 e. The highest BCUT2D eigenvalue weighted by Gasteiger charge is 2.34. The van der Waals surface area contributed by atoms with Crippen molar-refractivity contribution in [1.82, 2.24) is 0 Å². The van der Waals surface area contributed by atoms with E-state index in [1.54, 1.807) is 0 Å². The Morgan fingerprint density at radius 3 is 2.79 bits per heavy atom. The van der Waals surface area contributed by atoms with Gasteiger partial charge in [-0.25, -0.2) is 0 Å². The number of fused-ring (bicyclic) bond motifs is 1. The molecule has 1 aliphatic carbocycles. The second kappa shape index (κ2) is 2.95. The highest BCUT2D eigenvalue weighted by atomic mass is 14.8. The summed E-state index contributed by atoms with van der Waals surface area (Å²) < 4.78 is 0. The quantitative estimate of drug-likeness (QED) is 0.571. The van der Waals surface area contributed by atoms with E-state index in [4.69, 9.17) is 5.26 Å². The molecule has 0 N–H and O–H groups in total. The van der Waals surface area contributed by atoms with Crippen molar-refractivity contribution in [3.05, 3.63) is 35.4 Å². The van der Waals surface area contributed by atoms with Crippen LogP contribution in [0.1, 0.15) is 25.0 Å². The van der Waals surface area contributed by atoms with Crippen LogP contribution in [0.4, 0.5) is 0 Å². The fourth-order valence-corrected chi connectivity index (χ4v) is 2.09. The van der Waals surface area contributed by atoms with Gasteiger partial charge in [0.05, 0.1) is 5.71 Å². The van der Waals surface area contributed by atoms with E-state index in [1.807, 2.05) is 24.4 Å². The van der Waals surface area contributed by atoms with Crippen LogP contribution in [0.3, 0.4) is 0 Å². The normalized spacial score (nSPS) is 20.5. The first-order valence-electron chi connectivity index (χ1n) is 4.71. The minimum atomic E-state index is -0.000579. The summed E-state index contributed by atoms with van der Waals surface area (Å²) in [7, 11) is 0. The molecule has 0 aliphatic heterocycles. The predicted octanol–water partition coefficient (Wildman–Crippen LogP) is 2.54. The van der Waals surface area contributed by atoms with E-state index in [-0.39, 0.29) is 5.41 Å². The van der Waals surface area contributed by atoms with E-state index < -0.39 is 0 Å². The maximum Gasteiger partial charge on any atom is 0.205 e. The Hall–Kier alpha value is -1.62. The van der Waals surface area contributed by atoms with Crippen molar-refractivity contribution < 1.29 is 0 Å². The molecule has 1 aromatic carbocycles. The van der Waals surface area contributed by atoms with Crippen LogP contribution in [0.15, 0.2) is 29.3 Å². The van der Waals surface area contributed by atoms with Crippen LogP contribution in [0.2, 0.25) is 0 Å². The minimum absolute atomic E-state index is 0.000579. The predicted molar refractivity (Wildman–Crippen MR) is 56.1 cm³/mol. The Balaban J connectivity index is 2.61. The van der Waals surface area contributed by atoms with Gasteiger partial charge in [0.1, 0.15) is 0 Å². The molecular formula is C12H12N2. The Morgan fingerprint density at radius 2 is 2.07 bits per heavy atom. The lowest BCUT2D eigenvalue weighted by Crippen LogP contribution is -2.20. The summed E-state index contributed by atoms with van der Waals surface area (Å²) in [4.78, 5) is 3.94. The lowest BCUT2D eigenvalue weighted by atomic mass is 9.88. The number of aliphatic imine (C=N–C) groups is 1. The Kier molecular flexibility index (Phi) is 1.89. The molecular weight excluding hydrogens is 172 g/mol. The Labute approximate surface area is 83.9 Å². The van der Waals surface area contributed by atoms with Crippen molar-refractivity contribution in [2.45, 2.75) is 20.3 Å². The fraction of sp³-hybridized carbons (Fsp3) is 0.333. The number of hydrogen-bond donors (Lipinski definition) is 0. The molecule has 0 heterocycles. The summed E-state index contributed by atoms with van der Waals surface area (Å²) in [6.07, 6.45) is 2.87. The van der Waals surface area contributed by atoms with Crippen molar-refractivity contribution >= 4 is 5.71 Å². The summed E-state index contributed by atoms with van der Waals surface area (Å²) in [6, 6.07) is 8.18. The molecule has 0 bridgehead atoms. The molecule has 1 aromatic rings. The minimum Gasteiger partial charge on any atom is -0.177 e. The molecule has 14 heavy (non-hydrogen) atoms. The highest BCUT2D eigenvalue weighted by molar-refractivity contribution is 6.08. The van der Waals surface area contributed by atoms with E-state index in [2.05, 4.69) is 24.9 Å². The fourth-order valence-electron chi connectivity index (χ4n) is 2.09. The summed E-state index contributed by atoms with van der Waals surface area (Å²) >= 11 is 0. The molecule has 0 radical (unpaired) electrons. The first-order valence-corrected chi connectivity index (χ1v) is 4.71. The average molecular weight is 184 g/mol. The van der Waals surface area contributed by atoms with Gasteiger partial charge in [0.2, 0.25) is 6.19 Å². The molecule has 70 valence electrons. The van der Waals surface area contributed by atoms with Crippen LogP contribution >= 0.6 is 0 Å². The smallest absolute Gasteiger partial charge is 0.177 e. The van der Waals surface area contributed by atoms with Crippen LogP contribution in [0.5, 0.6) is 0 Å². The van der Waals surface area contributed by atoms with Gasteiger partial charge in [-0.05, 0) is 12.0 Å². The summed E-state index contributed by atoms with van der Waals surface area (Å²) in [5.74, 6) is 0. The maximum absolute atomic E-state index is 8.65. The monoisotopic (exact) mass is 184 g/mol. The van der Waals surface area contributed by atoms with Gasteiger partial charge >= 0.3 is 0 Å². The zero-order valence-electron chi connectivity index (χ0n) is 8.41. The lowest BCUT2D eigenvalue weighted by molar-refractivity contribution is 0.540. The van der Waals surface area contributed by atoms with Crippen LogP contribution in [-0.4, -0.2) is 5.71 Å². The van der Waals surface area contributed by atoms with Gasteiger partial charge in [0, 0.05) is 11.0 Å². The van der Waals surface area contributed by atoms with Gasteiger partial charge in [0.25, 0.3) is 0 Å². The van der Waals surface area contributed by atoms with E-state index >= 15 is 0 Å². The molecule has 0 saturated heterocycles. The number of nitriles is 1. The molecule has 0 spiro atoms. The standard InChI is InChI=1S/C12H12N2/c1-12(2)7-9-5-3-4-6-10(9)11(12)14-8-13/h3-6H,7H2,1-2H3. The van der Waals surface area contributed by atoms with Crippen LogP contribution in [0.25, 0.3) is 0 Å². The number of rotatable bonds is 0. The Morgan fingerprint density at radius 1 is 1.36 bits per heavy atom. The van der Waals surface area contributed by atoms with Gasteiger partial charge in [-0.2, -0.15) is 10.3 Å². The van der Waals surface area contributed by atoms with Crippen molar-refractivity contribution in [2.75, 3.05) is 0 Å². The van der Waals surface area contributed by atoms with Crippen molar-refractivity contribution in [2.24, 2.45) is 10.4 Å². The average Bonchev–Trinajstić information content (AvgIpc) is 2.39. The lowest BCUT2D eigenvalue weighted by Gasteiger charge is -2.16. The summed E-state index contributed by atoms with van der Waals surface area (Å²) in [5.41, 5.74) is 3.36. The second-order valence-electron chi connectivity index (χ2n) is 4.28. The third-order valence-electron chi connectivity index (χ3n) is 2.71. The zero-order chi connectivity index (χ0) is 10.2. The van der Waals surface area contributed by atoms with Crippen molar-refractivity contribution in [3.63, 3.8) is 0 Å². The van der Waals surface area contributed by atoms with Crippen LogP contribution < -0.4 is 0 Å². The van der Waals surface area contributed by atoms with Crippen LogP contribution in [-0.2, 0) is 6.42 Å². The third-order valence-corrected chi connectivity index (χ3v) is 2.71. The van der Waals surface area contributed by atoms with Crippen molar-refractivity contribution in [3.8, 4) is 6.19 Å². The summed E-state index contributed by atoms with van der Waals surface area (Å²) in [6.45, 7) is 4.26. The molecule has 2 heteroatoms. The van der Waals surface area contributed by atoms with Crippen molar-refractivity contribution in [1.29, 1.82) is 5.26 Å². The Bertz CT molecular complexity index is 436. The number of nitrogens with zero attached hydrogens (tertiary/aromatic N) is 2. The SMILES string of the molecule is CC1(C)Cc2ccccc2C1=NC#N. The van der Waals surface area contributed by atoms with Crippen LogP contribution in [0, 0.1) is 16.9 Å². The second-order valence-corrected chi connectivity index (χ2v) is 4.28. The van der Waals surface area contributed by atoms with Gasteiger partial charge in [-0.15, -0.1) is 0 Å². The summed E-state index contributed by atoms with van der Waals surface area (Å²) in [5, 5.41) is 8.65. The third kappa shape index (κ3) is 1.22. The van der Waals surface area contributed by atoms with Gasteiger partial charge in [0.15, 0.2) is 0 Å². The number of benzene rings is 1. The van der Waals surface area contributed by atoms with Gasteiger partial charge in [-0.1, -0.05) is 38.1 Å². The molecule has 0 saturated carbocycles. The molecule has 0 aromatic heterocycles. The molecule has 0 amide bonds. The first-order chi connectivity index (χ1) is 6.65. The highest BCUT2D eigenvalue weighted by Crippen LogP contribution is 2.36. The topological polar surface area (TPSA) is 36.1 Å². The first kappa shape index (κ1) is 8.96. The molecule has 1 aliphatic rings. The van der Waals surface area contributed by atoms with E-state index in [0.717, 1.165) is 17.7 Å². The molecule has 2 rings (SSSR count). The van der Waals surface area contributed by atoms with Gasteiger partial charge in [-0.3, -0.25) is 0 Å².